The Kier molecular flexibility index (Phi) is 3.29. The van der Waals surface area contributed by atoms with Crippen LogP contribution in [0.25, 0.3) is 0 Å². The third kappa shape index (κ3) is 2.06. The van der Waals surface area contributed by atoms with Gasteiger partial charge in [0, 0.05) is 6.20 Å². The van der Waals surface area contributed by atoms with Crippen LogP contribution < -0.4 is 11.2 Å². The predicted octanol–water partition coefficient (Wildman–Crippen LogP) is 1.41. The third-order valence-corrected chi connectivity index (χ3v) is 3.50. The average Bonchev–Trinajstić information content (AvgIpc) is 2.81. The molecule has 94 valence electrons. The fraction of sp³-hybridized carbons (Fsp3) is 0.250. The summed E-state index contributed by atoms with van der Waals surface area (Å²) in [5.41, 5.74) is -0.196. The second kappa shape index (κ2) is 4.73. The monoisotopic (exact) mass is 264 g/mol. The first-order valence-electron chi connectivity index (χ1n) is 5.39. The molecule has 0 aliphatic carbocycles. The summed E-state index contributed by atoms with van der Waals surface area (Å²) in [5, 5.41) is 3.75. The fourth-order valence-electron chi connectivity index (χ4n) is 1.75. The van der Waals surface area contributed by atoms with Gasteiger partial charge in [0.2, 0.25) is 0 Å². The topological polar surface area (TPSA) is 71.9 Å². The van der Waals surface area contributed by atoms with Crippen LogP contribution in [-0.4, -0.2) is 15.3 Å². The minimum Gasteiger partial charge on any atom is -0.313 e. The molecular formula is C12H12N2O3S. The van der Waals surface area contributed by atoms with Gasteiger partial charge in [-0.2, -0.15) is 11.3 Å². The highest BCUT2D eigenvalue weighted by atomic mass is 32.1. The molecule has 2 aromatic rings. The van der Waals surface area contributed by atoms with Crippen molar-refractivity contribution in [2.75, 3.05) is 0 Å². The summed E-state index contributed by atoms with van der Waals surface area (Å²) in [6, 6.07) is 1.45. The Labute approximate surface area is 107 Å². The highest BCUT2D eigenvalue weighted by molar-refractivity contribution is 7.07. The van der Waals surface area contributed by atoms with Crippen LogP contribution in [-0.2, 0) is 0 Å². The van der Waals surface area contributed by atoms with Gasteiger partial charge in [0.1, 0.15) is 0 Å². The number of thiophene rings is 1. The highest BCUT2D eigenvalue weighted by Gasteiger charge is 2.17. The van der Waals surface area contributed by atoms with Crippen molar-refractivity contribution in [2.24, 2.45) is 0 Å². The molecular weight excluding hydrogens is 252 g/mol. The maximum absolute atomic E-state index is 12.1. The number of rotatable bonds is 3. The lowest BCUT2D eigenvalue weighted by molar-refractivity contribution is 0.101. The Bertz CT molecular complexity index is 682. The van der Waals surface area contributed by atoms with Crippen LogP contribution in [0.4, 0.5) is 0 Å². The van der Waals surface area contributed by atoms with E-state index in [1.807, 2.05) is 16.8 Å². The fourth-order valence-corrected chi connectivity index (χ4v) is 2.50. The Hall–Kier alpha value is -1.95. The molecule has 1 N–H and O–H groups in total. The van der Waals surface area contributed by atoms with Crippen molar-refractivity contribution >= 4 is 17.1 Å². The van der Waals surface area contributed by atoms with Crippen LogP contribution in [0.15, 0.2) is 32.6 Å². The average molecular weight is 264 g/mol. The van der Waals surface area contributed by atoms with Gasteiger partial charge in [0.25, 0.3) is 5.56 Å². The number of carbonyl (C=O) groups is 1. The largest absolute Gasteiger partial charge is 0.328 e. The molecule has 1 unspecified atom stereocenters. The molecule has 5 nitrogen and oxygen atoms in total. The van der Waals surface area contributed by atoms with E-state index < -0.39 is 17.3 Å². The molecule has 0 radical (unpaired) electrons. The number of nitrogens with one attached hydrogen (secondary N) is 1. The second-order valence-corrected chi connectivity index (χ2v) is 4.75. The molecule has 0 aliphatic rings. The molecule has 0 amide bonds. The van der Waals surface area contributed by atoms with Crippen LogP contribution in [0.5, 0.6) is 0 Å². The Morgan fingerprint density at radius 1 is 1.44 bits per heavy atom. The van der Waals surface area contributed by atoms with Crippen molar-refractivity contribution in [1.29, 1.82) is 0 Å². The van der Waals surface area contributed by atoms with Gasteiger partial charge >= 0.3 is 5.69 Å². The Morgan fingerprint density at radius 2 is 2.17 bits per heavy atom. The highest BCUT2D eigenvalue weighted by Crippen LogP contribution is 2.17. The van der Waals surface area contributed by atoms with E-state index in [1.54, 1.807) is 6.92 Å². The number of hydrogen-bond donors (Lipinski definition) is 1. The van der Waals surface area contributed by atoms with Crippen molar-refractivity contribution in [3.8, 4) is 0 Å². The SMILES string of the molecule is CC(=O)c1c[nH]c(=O)n(C(C)c2ccsc2)c1=O. The number of carbonyl (C=O) groups excluding carboxylic acids is 1. The molecule has 0 fully saturated rings. The lowest BCUT2D eigenvalue weighted by atomic mass is 10.1. The van der Waals surface area contributed by atoms with Crippen molar-refractivity contribution in [3.63, 3.8) is 0 Å². The molecule has 0 aromatic carbocycles. The van der Waals surface area contributed by atoms with Crippen molar-refractivity contribution in [1.82, 2.24) is 9.55 Å². The molecule has 2 heterocycles. The van der Waals surface area contributed by atoms with Crippen LogP contribution >= 0.6 is 11.3 Å². The summed E-state index contributed by atoms with van der Waals surface area (Å²) in [6.07, 6.45) is 1.17. The smallest absolute Gasteiger partial charge is 0.313 e. The molecule has 0 saturated heterocycles. The number of nitrogens with zero attached hydrogens (tertiary/aromatic N) is 1. The number of H-pyrrole nitrogens is 1. The van der Waals surface area contributed by atoms with Crippen molar-refractivity contribution in [2.45, 2.75) is 19.9 Å². The van der Waals surface area contributed by atoms with E-state index >= 15 is 0 Å². The van der Waals surface area contributed by atoms with Gasteiger partial charge in [0.05, 0.1) is 11.6 Å². The summed E-state index contributed by atoms with van der Waals surface area (Å²) >= 11 is 1.49. The molecule has 18 heavy (non-hydrogen) atoms. The molecule has 0 aliphatic heterocycles. The molecule has 2 rings (SSSR count). The second-order valence-electron chi connectivity index (χ2n) is 3.97. The van der Waals surface area contributed by atoms with E-state index in [0.29, 0.717) is 0 Å². The first-order chi connectivity index (χ1) is 8.52. The number of hydrogen-bond acceptors (Lipinski definition) is 4. The summed E-state index contributed by atoms with van der Waals surface area (Å²) in [6.45, 7) is 3.05. The molecule has 0 bridgehead atoms. The summed E-state index contributed by atoms with van der Waals surface area (Å²) in [4.78, 5) is 37.6. The van der Waals surface area contributed by atoms with E-state index in [2.05, 4.69) is 4.98 Å². The number of ketones is 1. The first kappa shape index (κ1) is 12.5. The first-order valence-corrected chi connectivity index (χ1v) is 6.34. The number of aromatic amines is 1. The van der Waals surface area contributed by atoms with Gasteiger partial charge in [-0.1, -0.05) is 0 Å². The summed E-state index contributed by atoms with van der Waals surface area (Å²) in [5.74, 6) is -0.359. The molecule has 0 spiro atoms. The van der Waals surface area contributed by atoms with Gasteiger partial charge in [0.15, 0.2) is 5.78 Å². The van der Waals surface area contributed by atoms with Crippen molar-refractivity contribution < 1.29 is 4.79 Å². The normalized spacial score (nSPS) is 12.3. The quantitative estimate of drug-likeness (QED) is 0.852. The maximum Gasteiger partial charge on any atom is 0.328 e. The van der Waals surface area contributed by atoms with Crippen LogP contribution in [0.2, 0.25) is 0 Å². The third-order valence-electron chi connectivity index (χ3n) is 2.80. The van der Waals surface area contributed by atoms with E-state index in [1.165, 1.54) is 24.5 Å². The summed E-state index contributed by atoms with van der Waals surface area (Å²) in [7, 11) is 0. The zero-order valence-corrected chi connectivity index (χ0v) is 10.8. The van der Waals surface area contributed by atoms with E-state index in [0.717, 1.165) is 10.1 Å². The molecule has 1 atom stereocenters. The number of Topliss-reactive ketones (excluding diaryl/α,β-unsaturated/α-hetero) is 1. The molecule has 6 heteroatoms. The van der Waals surface area contributed by atoms with Gasteiger partial charge < -0.3 is 4.98 Å². The summed E-state index contributed by atoms with van der Waals surface area (Å²) < 4.78 is 1.07. The van der Waals surface area contributed by atoms with E-state index in [4.69, 9.17) is 0 Å². The van der Waals surface area contributed by atoms with E-state index in [9.17, 15) is 14.4 Å². The number of aromatic nitrogens is 2. The molecule has 0 saturated carbocycles. The van der Waals surface area contributed by atoms with Gasteiger partial charge in [-0.15, -0.1) is 0 Å². The zero-order valence-electron chi connectivity index (χ0n) is 9.97. The minimum atomic E-state index is -0.551. The minimum absolute atomic E-state index is 0.00307. The lowest BCUT2D eigenvalue weighted by Crippen LogP contribution is -2.39. The zero-order chi connectivity index (χ0) is 13.3. The van der Waals surface area contributed by atoms with Crippen LogP contribution in [0.3, 0.4) is 0 Å². The Balaban J connectivity index is 2.64. The Morgan fingerprint density at radius 3 is 2.72 bits per heavy atom. The lowest BCUT2D eigenvalue weighted by Gasteiger charge is -2.13. The van der Waals surface area contributed by atoms with Crippen LogP contribution in [0, 0.1) is 0 Å². The van der Waals surface area contributed by atoms with Gasteiger partial charge in [-0.25, -0.2) is 4.79 Å². The maximum atomic E-state index is 12.1. The van der Waals surface area contributed by atoms with Gasteiger partial charge in [-0.3, -0.25) is 14.2 Å². The van der Waals surface area contributed by atoms with Gasteiger partial charge in [-0.05, 0) is 36.2 Å². The standard InChI is InChI=1S/C12H12N2O3S/c1-7(9-3-4-18-6-9)14-11(16)10(8(2)15)5-13-12(14)17/h3-7H,1-2H3,(H,13,17). The molecule has 2 aromatic heterocycles. The van der Waals surface area contributed by atoms with Crippen molar-refractivity contribution in [3.05, 3.63) is 55.0 Å². The predicted molar refractivity (Wildman–Crippen MR) is 69.5 cm³/mol. The van der Waals surface area contributed by atoms with Crippen LogP contribution in [0.1, 0.15) is 35.8 Å². The van der Waals surface area contributed by atoms with E-state index in [-0.39, 0.29) is 11.3 Å².